The van der Waals surface area contributed by atoms with E-state index in [0.717, 1.165) is 11.1 Å². The Labute approximate surface area is 133 Å². The summed E-state index contributed by atoms with van der Waals surface area (Å²) in [7, 11) is 0. The van der Waals surface area contributed by atoms with Gasteiger partial charge < -0.3 is 9.73 Å². The van der Waals surface area contributed by atoms with Crippen LogP contribution in [0.5, 0.6) is 0 Å². The van der Waals surface area contributed by atoms with Crippen molar-refractivity contribution in [2.45, 2.75) is 20.8 Å². The first-order valence-electron chi connectivity index (χ1n) is 7.37. The Balaban J connectivity index is 1.98. The lowest BCUT2D eigenvalue weighted by Crippen LogP contribution is -2.21. The number of hydrogen-bond acceptors (Lipinski definition) is 3. The minimum atomic E-state index is -0.466. The SMILES string of the molecule is Cc1cc(NC(=O)c2coc3ccccc3c2=O)cc(C)c1C. The molecule has 0 bridgehead atoms. The van der Waals surface area contributed by atoms with Gasteiger partial charge in [-0.1, -0.05) is 12.1 Å². The van der Waals surface area contributed by atoms with Crippen LogP contribution in [0.4, 0.5) is 5.69 Å². The molecule has 3 rings (SSSR count). The number of anilines is 1. The van der Waals surface area contributed by atoms with Crippen molar-refractivity contribution in [2.75, 3.05) is 5.32 Å². The zero-order valence-corrected chi connectivity index (χ0v) is 13.3. The molecule has 4 heteroatoms. The monoisotopic (exact) mass is 307 g/mol. The molecule has 0 aliphatic rings. The fourth-order valence-corrected chi connectivity index (χ4v) is 2.54. The number of rotatable bonds is 2. The fraction of sp³-hybridized carbons (Fsp3) is 0.158. The van der Waals surface area contributed by atoms with E-state index in [2.05, 4.69) is 5.32 Å². The summed E-state index contributed by atoms with van der Waals surface area (Å²) in [5, 5.41) is 3.17. The van der Waals surface area contributed by atoms with Crippen LogP contribution in [0.2, 0.25) is 0 Å². The molecule has 3 aromatic rings. The highest BCUT2D eigenvalue weighted by molar-refractivity contribution is 6.05. The number of benzene rings is 2. The Hall–Kier alpha value is -2.88. The second-order valence-electron chi connectivity index (χ2n) is 5.66. The molecule has 4 nitrogen and oxygen atoms in total. The molecule has 1 amide bonds. The lowest BCUT2D eigenvalue weighted by molar-refractivity contribution is 0.102. The van der Waals surface area contributed by atoms with Gasteiger partial charge in [0.2, 0.25) is 5.43 Å². The van der Waals surface area contributed by atoms with Crippen LogP contribution >= 0.6 is 0 Å². The second-order valence-corrected chi connectivity index (χ2v) is 5.66. The first-order chi connectivity index (χ1) is 11.0. The van der Waals surface area contributed by atoms with Gasteiger partial charge in [-0.25, -0.2) is 0 Å². The number of hydrogen-bond donors (Lipinski definition) is 1. The van der Waals surface area contributed by atoms with Crippen LogP contribution < -0.4 is 10.7 Å². The highest BCUT2D eigenvalue weighted by Crippen LogP contribution is 2.20. The van der Waals surface area contributed by atoms with Crippen molar-refractivity contribution < 1.29 is 9.21 Å². The number of nitrogens with one attached hydrogen (secondary N) is 1. The van der Waals surface area contributed by atoms with Crippen LogP contribution in [0.1, 0.15) is 27.0 Å². The van der Waals surface area contributed by atoms with Crippen LogP contribution in [0.25, 0.3) is 11.0 Å². The van der Waals surface area contributed by atoms with Gasteiger partial charge in [0.1, 0.15) is 17.4 Å². The topological polar surface area (TPSA) is 59.3 Å². The smallest absolute Gasteiger partial charge is 0.262 e. The molecule has 1 heterocycles. The molecular formula is C19H17NO3. The van der Waals surface area contributed by atoms with Crippen molar-refractivity contribution in [3.63, 3.8) is 0 Å². The molecule has 1 N–H and O–H groups in total. The van der Waals surface area contributed by atoms with Gasteiger partial charge in [0.05, 0.1) is 5.39 Å². The normalized spacial score (nSPS) is 10.7. The maximum atomic E-state index is 12.4. The maximum absolute atomic E-state index is 12.4. The average Bonchev–Trinajstić information content (AvgIpc) is 2.53. The van der Waals surface area contributed by atoms with Gasteiger partial charge in [-0.05, 0) is 61.7 Å². The quantitative estimate of drug-likeness (QED) is 0.779. The lowest BCUT2D eigenvalue weighted by atomic mass is 10.0. The van der Waals surface area contributed by atoms with Crippen LogP contribution in [-0.2, 0) is 0 Å². The van der Waals surface area contributed by atoms with Crippen molar-refractivity contribution in [3.05, 3.63) is 75.1 Å². The van der Waals surface area contributed by atoms with Gasteiger partial charge in [-0.3, -0.25) is 9.59 Å². The van der Waals surface area contributed by atoms with Crippen molar-refractivity contribution in [3.8, 4) is 0 Å². The van der Waals surface area contributed by atoms with E-state index < -0.39 is 5.91 Å². The molecule has 0 unspecified atom stereocenters. The number of amides is 1. The summed E-state index contributed by atoms with van der Waals surface area (Å²) in [6, 6.07) is 10.7. The zero-order valence-electron chi connectivity index (χ0n) is 13.3. The number of carbonyl (C=O) groups excluding carboxylic acids is 1. The summed E-state index contributed by atoms with van der Waals surface area (Å²) in [5.74, 6) is -0.466. The van der Waals surface area contributed by atoms with Gasteiger partial charge in [-0.2, -0.15) is 0 Å². The number of carbonyl (C=O) groups is 1. The Kier molecular flexibility index (Phi) is 3.74. The summed E-state index contributed by atoms with van der Waals surface area (Å²) in [6.45, 7) is 6.01. The van der Waals surface area contributed by atoms with Gasteiger partial charge in [0.15, 0.2) is 0 Å². The summed E-state index contributed by atoms with van der Waals surface area (Å²) in [4.78, 5) is 24.8. The molecule has 0 radical (unpaired) electrons. The lowest BCUT2D eigenvalue weighted by Gasteiger charge is -2.10. The minimum absolute atomic E-state index is 0.000388. The standard InChI is InChI=1S/C19H17NO3/c1-11-8-14(9-12(2)13(11)3)20-19(22)16-10-23-17-7-5-4-6-15(17)18(16)21/h4-10H,1-3H3,(H,20,22). The van der Waals surface area contributed by atoms with Gasteiger partial charge >= 0.3 is 0 Å². The molecule has 0 fully saturated rings. The van der Waals surface area contributed by atoms with Crippen LogP contribution in [-0.4, -0.2) is 5.91 Å². The summed E-state index contributed by atoms with van der Waals surface area (Å²) in [6.07, 6.45) is 1.22. The second kappa shape index (κ2) is 5.72. The number of aryl methyl sites for hydroxylation is 2. The molecule has 0 atom stereocenters. The van der Waals surface area contributed by atoms with Gasteiger partial charge in [-0.15, -0.1) is 0 Å². The fourth-order valence-electron chi connectivity index (χ4n) is 2.54. The molecule has 0 saturated heterocycles. The third-order valence-electron chi connectivity index (χ3n) is 4.11. The average molecular weight is 307 g/mol. The van der Waals surface area contributed by atoms with E-state index in [-0.39, 0.29) is 11.0 Å². The molecule has 1 aromatic heterocycles. The number of para-hydroxylation sites is 1. The van der Waals surface area contributed by atoms with Crippen molar-refractivity contribution in [1.29, 1.82) is 0 Å². The summed E-state index contributed by atoms with van der Waals surface area (Å²) >= 11 is 0. The first-order valence-corrected chi connectivity index (χ1v) is 7.37. The Morgan fingerprint density at radius 3 is 2.39 bits per heavy atom. The molecule has 0 spiro atoms. The van der Waals surface area contributed by atoms with Crippen molar-refractivity contribution in [1.82, 2.24) is 0 Å². The third kappa shape index (κ3) is 2.75. The van der Waals surface area contributed by atoms with Crippen LogP contribution in [0.15, 0.2) is 51.9 Å². The van der Waals surface area contributed by atoms with Gasteiger partial charge in [0, 0.05) is 5.69 Å². The largest absolute Gasteiger partial charge is 0.463 e. The van der Waals surface area contributed by atoms with E-state index in [9.17, 15) is 9.59 Å². The third-order valence-corrected chi connectivity index (χ3v) is 4.11. The zero-order chi connectivity index (χ0) is 16.6. The van der Waals surface area contributed by atoms with Crippen LogP contribution in [0, 0.1) is 20.8 Å². The highest BCUT2D eigenvalue weighted by Gasteiger charge is 2.15. The summed E-state index contributed by atoms with van der Waals surface area (Å²) in [5.41, 5.74) is 4.17. The van der Waals surface area contributed by atoms with E-state index in [1.165, 1.54) is 11.8 Å². The van der Waals surface area contributed by atoms with E-state index in [1.54, 1.807) is 24.3 Å². The van der Waals surface area contributed by atoms with E-state index in [0.29, 0.717) is 16.7 Å². The highest BCUT2D eigenvalue weighted by atomic mass is 16.3. The predicted octanol–water partition coefficient (Wildman–Crippen LogP) is 3.97. The summed E-state index contributed by atoms with van der Waals surface area (Å²) < 4.78 is 5.39. The molecular weight excluding hydrogens is 290 g/mol. The van der Waals surface area contributed by atoms with Crippen LogP contribution in [0.3, 0.4) is 0 Å². The van der Waals surface area contributed by atoms with E-state index in [4.69, 9.17) is 4.42 Å². The molecule has 0 aliphatic heterocycles. The van der Waals surface area contributed by atoms with Gasteiger partial charge in [0.25, 0.3) is 5.91 Å². The first kappa shape index (κ1) is 15.0. The molecule has 116 valence electrons. The van der Waals surface area contributed by atoms with E-state index in [1.807, 2.05) is 32.9 Å². The number of fused-ring (bicyclic) bond motifs is 1. The molecule has 0 aliphatic carbocycles. The van der Waals surface area contributed by atoms with Crippen molar-refractivity contribution >= 4 is 22.6 Å². The molecule has 23 heavy (non-hydrogen) atoms. The minimum Gasteiger partial charge on any atom is -0.463 e. The maximum Gasteiger partial charge on any atom is 0.262 e. The predicted molar refractivity (Wildman–Crippen MR) is 91.1 cm³/mol. The van der Waals surface area contributed by atoms with Crippen molar-refractivity contribution in [2.24, 2.45) is 0 Å². The Bertz CT molecular complexity index is 947. The Morgan fingerprint density at radius 1 is 1.04 bits per heavy atom. The molecule has 0 saturated carbocycles. The Morgan fingerprint density at radius 2 is 1.70 bits per heavy atom. The van der Waals surface area contributed by atoms with E-state index >= 15 is 0 Å². The molecule has 2 aromatic carbocycles.